The topological polar surface area (TPSA) is 69.7 Å². The Morgan fingerprint density at radius 2 is 1.83 bits per heavy atom. The van der Waals surface area contributed by atoms with Crippen molar-refractivity contribution in [3.8, 4) is 0 Å². The highest BCUT2D eigenvalue weighted by atomic mass is 19.2. The Kier molecular flexibility index (Phi) is 4.86. The van der Waals surface area contributed by atoms with Crippen LogP contribution in [-0.2, 0) is 15.1 Å². The van der Waals surface area contributed by atoms with E-state index in [0.29, 0.717) is 13.1 Å². The van der Waals surface area contributed by atoms with Crippen LogP contribution in [0.1, 0.15) is 26.3 Å². The maximum atomic E-state index is 13.5. The van der Waals surface area contributed by atoms with Gasteiger partial charge in [0.15, 0.2) is 11.6 Å². The van der Waals surface area contributed by atoms with E-state index in [4.69, 9.17) is 0 Å². The molecule has 1 aromatic carbocycles. The number of nitrogens with one attached hydrogen (secondary N) is 1. The van der Waals surface area contributed by atoms with E-state index < -0.39 is 35.7 Å². The second kappa shape index (κ2) is 6.54. The largest absolute Gasteiger partial charge is 0.342 e. The van der Waals surface area contributed by atoms with Crippen molar-refractivity contribution in [2.45, 2.75) is 26.3 Å². The molecule has 4 amide bonds. The molecule has 1 fully saturated rings. The van der Waals surface area contributed by atoms with Crippen molar-refractivity contribution < 1.29 is 23.2 Å². The van der Waals surface area contributed by atoms with E-state index in [9.17, 15) is 23.2 Å². The fourth-order valence-electron chi connectivity index (χ4n) is 2.65. The molecule has 130 valence electrons. The van der Waals surface area contributed by atoms with Gasteiger partial charge in [0.25, 0.3) is 5.91 Å². The fourth-order valence-corrected chi connectivity index (χ4v) is 2.65. The maximum absolute atomic E-state index is 13.5. The molecule has 1 saturated heterocycles. The van der Waals surface area contributed by atoms with Crippen molar-refractivity contribution in [1.29, 1.82) is 0 Å². The summed E-state index contributed by atoms with van der Waals surface area (Å²) in [6, 6.07) is 2.24. The van der Waals surface area contributed by atoms with Gasteiger partial charge >= 0.3 is 6.03 Å². The van der Waals surface area contributed by atoms with Crippen LogP contribution >= 0.6 is 0 Å². The van der Waals surface area contributed by atoms with Crippen LogP contribution in [0.5, 0.6) is 0 Å². The van der Waals surface area contributed by atoms with Crippen molar-refractivity contribution in [3.05, 3.63) is 35.4 Å². The number of carbonyl (C=O) groups is 3. The van der Waals surface area contributed by atoms with Gasteiger partial charge in [0, 0.05) is 13.1 Å². The summed E-state index contributed by atoms with van der Waals surface area (Å²) in [6.45, 7) is 5.49. The minimum atomic E-state index is -1.55. The molecule has 1 aromatic rings. The van der Waals surface area contributed by atoms with Crippen molar-refractivity contribution in [2.75, 3.05) is 19.6 Å². The number of halogens is 2. The summed E-state index contributed by atoms with van der Waals surface area (Å²) in [4.78, 5) is 39.2. The third-order valence-electron chi connectivity index (χ3n) is 4.18. The van der Waals surface area contributed by atoms with Gasteiger partial charge in [-0.2, -0.15) is 0 Å². The Morgan fingerprint density at radius 3 is 2.38 bits per heavy atom. The van der Waals surface area contributed by atoms with E-state index in [1.807, 2.05) is 0 Å². The molecular formula is C16H19F2N3O3. The lowest BCUT2D eigenvalue weighted by Gasteiger charge is -2.24. The number of rotatable bonds is 5. The van der Waals surface area contributed by atoms with Crippen LogP contribution in [0.4, 0.5) is 13.6 Å². The Balaban J connectivity index is 2.27. The summed E-state index contributed by atoms with van der Waals surface area (Å²) in [5, 5.41) is 2.45. The summed E-state index contributed by atoms with van der Waals surface area (Å²) in [5.41, 5.74) is -1.44. The highest BCUT2D eigenvalue weighted by Gasteiger charge is 2.49. The standard InChI is InChI=1S/C16H19F2N3O3/c1-4-20(5-2)13(22)9-21-14(23)16(3,19-15(21)24)10-6-7-11(17)12(18)8-10/h6-8H,4-5,9H2,1-3H3,(H,19,24)/t16-/m0/s1. The lowest BCUT2D eigenvalue weighted by Crippen LogP contribution is -2.44. The molecule has 0 aliphatic carbocycles. The highest BCUT2D eigenvalue weighted by molar-refractivity contribution is 6.09. The van der Waals surface area contributed by atoms with Gasteiger partial charge in [0.1, 0.15) is 12.1 Å². The van der Waals surface area contributed by atoms with Crippen LogP contribution in [0.2, 0.25) is 0 Å². The molecule has 0 unspecified atom stereocenters. The number of likely N-dealkylation sites (N-methyl/N-ethyl adjacent to an activating group) is 1. The first-order chi connectivity index (χ1) is 11.2. The third kappa shape index (κ3) is 2.95. The quantitative estimate of drug-likeness (QED) is 0.829. The van der Waals surface area contributed by atoms with Gasteiger partial charge in [0.05, 0.1) is 0 Å². The first-order valence-corrected chi connectivity index (χ1v) is 7.62. The molecule has 24 heavy (non-hydrogen) atoms. The summed E-state index contributed by atoms with van der Waals surface area (Å²) < 4.78 is 26.6. The number of imide groups is 1. The lowest BCUT2D eigenvalue weighted by molar-refractivity contribution is -0.138. The molecule has 1 atom stereocenters. The molecule has 1 aliphatic heterocycles. The molecule has 8 heteroatoms. The molecular weight excluding hydrogens is 320 g/mol. The van der Waals surface area contributed by atoms with E-state index in [1.165, 1.54) is 17.9 Å². The molecule has 1 aliphatic rings. The van der Waals surface area contributed by atoms with Gasteiger partial charge in [-0.15, -0.1) is 0 Å². The second-order valence-electron chi connectivity index (χ2n) is 5.64. The Morgan fingerprint density at radius 1 is 1.21 bits per heavy atom. The lowest BCUT2D eigenvalue weighted by atomic mass is 9.92. The monoisotopic (exact) mass is 339 g/mol. The number of carbonyl (C=O) groups excluding carboxylic acids is 3. The van der Waals surface area contributed by atoms with Gasteiger partial charge in [0.2, 0.25) is 5.91 Å². The number of benzene rings is 1. The van der Waals surface area contributed by atoms with Gasteiger partial charge < -0.3 is 10.2 Å². The minimum Gasteiger partial charge on any atom is -0.342 e. The van der Waals surface area contributed by atoms with Crippen LogP contribution < -0.4 is 5.32 Å². The van der Waals surface area contributed by atoms with Crippen molar-refractivity contribution in [2.24, 2.45) is 0 Å². The van der Waals surface area contributed by atoms with Gasteiger partial charge in [-0.3, -0.25) is 14.5 Å². The summed E-state index contributed by atoms with van der Waals surface area (Å²) >= 11 is 0. The molecule has 0 saturated carbocycles. The van der Waals surface area contributed by atoms with Gasteiger partial charge in [-0.1, -0.05) is 6.07 Å². The number of amides is 4. The Bertz CT molecular complexity index is 691. The van der Waals surface area contributed by atoms with Crippen LogP contribution in [0.3, 0.4) is 0 Å². The zero-order valence-electron chi connectivity index (χ0n) is 13.7. The molecule has 2 rings (SSSR count). The van der Waals surface area contributed by atoms with Crippen LogP contribution in [-0.4, -0.2) is 47.3 Å². The maximum Gasteiger partial charge on any atom is 0.325 e. The molecule has 1 N–H and O–H groups in total. The minimum absolute atomic E-state index is 0.109. The summed E-state index contributed by atoms with van der Waals surface area (Å²) in [6.07, 6.45) is 0. The third-order valence-corrected chi connectivity index (χ3v) is 4.18. The molecule has 1 heterocycles. The van der Waals surface area contributed by atoms with E-state index in [0.717, 1.165) is 17.0 Å². The van der Waals surface area contributed by atoms with Gasteiger partial charge in [-0.05, 0) is 38.5 Å². The zero-order valence-corrected chi connectivity index (χ0v) is 13.7. The first kappa shape index (κ1) is 17.8. The first-order valence-electron chi connectivity index (χ1n) is 7.62. The van der Waals surface area contributed by atoms with E-state index in [2.05, 4.69) is 5.32 Å². The van der Waals surface area contributed by atoms with E-state index >= 15 is 0 Å². The smallest absolute Gasteiger partial charge is 0.325 e. The van der Waals surface area contributed by atoms with Crippen LogP contribution in [0, 0.1) is 11.6 Å². The van der Waals surface area contributed by atoms with Crippen molar-refractivity contribution >= 4 is 17.8 Å². The summed E-state index contributed by atoms with van der Waals surface area (Å²) in [7, 11) is 0. The number of nitrogens with zero attached hydrogens (tertiary/aromatic N) is 2. The normalized spacial score (nSPS) is 20.3. The predicted molar refractivity (Wildman–Crippen MR) is 81.9 cm³/mol. The van der Waals surface area contributed by atoms with Crippen LogP contribution in [0.15, 0.2) is 18.2 Å². The number of hydrogen-bond acceptors (Lipinski definition) is 3. The number of urea groups is 1. The second-order valence-corrected chi connectivity index (χ2v) is 5.64. The zero-order chi connectivity index (χ0) is 18.1. The van der Waals surface area contributed by atoms with Crippen LogP contribution in [0.25, 0.3) is 0 Å². The van der Waals surface area contributed by atoms with Gasteiger partial charge in [-0.25, -0.2) is 13.6 Å². The average molecular weight is 339 g/mol. The Hall–Kier alpha value is -2.51. The molecule has 6 nitrogen and oxygen atoms in total. The Labute approximate surface area is 138 Å². The van der Waals surface area contributed by atoms with E-state index in [-0.39, 0.29) is 11.5 Å². The highest BCUT2D eigenvalue weighted by Crippen LogP contribution is 2.29. The number of hydrogen-bond donors (Lipinski definition) is 1. The van der Waals surface area contributed by atoms with Crippen molar-refractivity contribution in [1.82, 2.24) is 15.1 Å². The molecule has 0 spiro atoms. The summed E-state index contributed by atoms with van der Waals surface area (Å²) in [5.74, 6) is -3.21. The molecule has 0 bridgehead atoms. The molecule has 0 radical (unpaired) electrons. The molecule has 0 aromatic heterocycles. The SMILES string of the molecule is CCN(CC)C(=O)CN1C(=O)N[C@@](C)(c2ccc(F)c(F)c2)C1=O. The predicted octanol–water partition coefficient (Wildman–Crippen LogP) is 1.60. The average Bonchev–Trinajstić information content (AvgIpc) is 2.75. The van der Waals surface area contributed by atoms with Crippen molar-refractivity contribution in [3.63, 3.8) is 0 Å². The fraction of sp³-hybridized carbons (Fsp3) is 0.438. The van der Waals surface area contributed by atoms with E-state index in [1.54, 1.807) is 13.8 Å².